The molecule has 0 aromatic heterocycles. The Bertz CT molecular complexity index is 1030. The number of thiocarbonyl (C=S) groups is 1. The first-order chi connectivity index (χ1) is 14.5. The summed E-state index contributed by atoms with van der Waals surface area (Å²) in [5.74, 6) is 1.01. The first-order valence-electron chi connectivity index (χ1n) is 9.85. The van der Waals surface area contributed by atoms with Crippen molar-refractivity contribution in [1.82, 2.24) is 10.0 Å². The van der Waals surface area contributed by atoms with E-state index < -0.39 is 10.0 Å². The summed E-state index contributed by atoms with van der Waals surface area (Å²) < 4.78 is 38.4. The predicted octanol–water partition coefficient (Wildman–Crippen LogP) is 3.44. The van der Waals surface area contributed by atoms with E-state index in [1.807, 2.05) is 12.1 Å². The molecule has 0 saturated carbocycles. The van der Waals surface area contributed by atoms with Crippen molar-refractivity contribution in [2.45, 2.75) is 37.5 Å². The molecule has 0 unspecified atom stereocenters. The lowest BCUT2D eigenvalue weighted by atomic mass is 9.87. The number of nitrogens with one attached hydrogen (secondary N) is 3. The highest BCUT2D eigenvalue weighted by atomic mass is 32.2. The van der Waals surface area contributed by atoms with Crippen molar-refractivity contribution in [2.75, 3.05) is 33.1 Å². The van der Waals surface area contributed by atoms with Crippen LogP contribution >= 0.6 is 12.2 Å². The summed E-state index contributed by atoms with van der Waals surface area (Å²) in [7, 11) is 0.753. The average Bonchev–Trinajstić information content (AvgIpc) is 2.72. The molecule has 7 nitrogen and oxygen atoms in total. The normalized spacial score (nSPS) is 11.5. The quantitative estimate of drug-likeness (QED) is 0.515. The van der Waals surface area contributed by atoms with Crippen LogP contribution < -0.4 is 24.8 Å². The highest BCUT2D eigenvalue weighted by Crippen LogP contribution is 2.31. The monoisotopic (exact) mass is 465 g/mol. The van der Waals surface area contributed by atoms with Crippen LogP contribution in [0.3, 0.4) is 0 Å². The number of benzene rings is 2. The van der Waals surface area contributed by atoms with Gasteiger partial charge in [0.25, 0.3) is 10.0 Å². The Morgan fingerprint density at radius 3 is 2.26 bits per heavy atom. The SMILES string of the molecule is CNC(=S)NS(=O)(=O)c1cc(CCNc2cc(C(C)(C)C)ccc2OC)ccc1OC. The molecule has 9 heteroatoms. The Morgan fingerprint density at radius 2 is 1.68 bits per heavy atom. The zero-order valence-corrected chi connectivity index (χ0v) is 20.5. The maximum absolute atomic E-state index is 12.7. The van der Waals surface area contributed by atoms with Gasteiger partial charge in [-0.15, -0.1) is 0 Å². The molecule has 0 aliphatic heterocycles. The van der Waals surface area contributed by atoms with Crippen molar-refractivity contribution in [3.8, 4) is 11.5 Å². The van der Waals surface area contributed by atoms with Crippen LogP contribution in [0.5, 0.6) is 11.5 Å². The standard InChI is InChI=1S/C22H31N3O4S2/c1-22(2,3)16-8-10-18(28-5)17(14-16)24-12-11-15-7-9-19(29-6)20(13-15)31(26,27)25-21(30)23-4/h7-10,13-14,24H,11-12H2,1-6H3,(H2,23,25,30). The molecular weight excluding hydrogens is 434 g/mol. The molecule has 2 aromatic rings. The van der Waals surface area contributed by atoms with E-state index in [0.29, 0.717) is 13.0 Å². The highest BCUT2D eigenvalue weighted by molar-refractivity contribution is 7.92. The lowest BCUT2D eigenvalue weighted by Gasteiger charge is -2.21. The van der Waals surface area contributed by atoms with Gasteiger partial charge < -0.3 is 20.1 Å². The molecule has 170 valence electrons. The zero-order chi connectivity index (χ0) is 23.2. The molecule has 31 heavy (non-hydrogen) atoms. The summed E-state index contributed by atoms with van der Waals surface area (Å²) >= 11 is 4.94. The van der Waals surface area contributed by atoms with Gasteiger partial charge in [-0.05, 0) is 59.4 Å². The number of hydrogen-bond acceptors (Lipinski definition) is 6. The minimum atomic E-state index is -3.87. The Hall–Kier alpha value is -2.52. The molecule has 2 rings (SSSR count). The average molecular weight is 466 g/mol. The molecule has 0 radical (unpaired) electrons. The molecule has 0 spiro atoms. The van der Waals surface area contributed by atoms with Crippen LogP contribution in [0.25, 0.3) is 0 Å². The third-order valence-corrected chi connectivity index (χ3v) is 6.57. The number of anilines is 1. The second-order valence-electron chi connectivity index (χ2n) is 8.01. The van der Waals surface area contributed by atoms with Crippen LogP contribution in [-0.4, -0.2) is 41.3 Å². The maximum atomic E-state index is 12.7. The lowest BCUT2D eigenvalue weighted by Crippen LogP contribution is -2.37. The second-order valence-corrected chi connectivity index (χ2v) is 10.1. The fraction of sp³-hybridized carbons (Fsp3) is 0.409. The van der Waals surface area contributed by atoms with E-state index in [-0.39, 0.29) is 21.2 Å². The molecule has 2 aromatic carbocycles. The first kappa shape index (κ1) is 24.7. The van der Waals surface area contributed by atoms with E-state index >= 15 is 0 Å². The lowest BCUT2D eigenvalue weighted by molar-refractivity contribution is 0.402. The van der Waals surface area contributed by atoms with Crippen molar-refractivity contribution in [3.63, 3.8) is 0 Å². The number of sulfonamides is 1. The van der Waals surface area contributed by atoms with Gasteiger partial charge >= 0.3 is 0 Å². The Kier molecular flexibility index (Phi) is 8.14. The van der Waals surface area contributed by atoms with Gasteiger partial charge in [0.15, 0.2) is 5.11 Å². The molecule has 0 heterocycles. The van der Waals surface area contributed by atoms with Crippen LogP contribution in [0.15, 0.2) is 41.3 Å². The minimum Gasteiger partial charge on any atom is -0.495 e. The summed E-state index contributed by atoms with van der Waals surface area (Å²) in [6.45, 7) is 7.07. The molecule has 0 fully saturated rings. The number of rotatable bonds is 8. The molecule has 3 N–H and O–H groups in total. The number of methoxy groups -OCH3 is 2. The van der Waals surface area contributed by atoms with Crippen LogP contribution in [0.2, 0.25) is 0 Å². The summed E-state index contributed by atoms with van der Waals surface area (Å²) in [6.07, 6.45) is 0.603. The molecule has 0 amide bonds. The van der Waals surface area contributed by atoms with Crippen LogP contribution in [0, 0.1) is 0 Å². The molecule has 0 atom stereocenters. The van der Waals surface area contributed by atoms with E-state index in [9.17, 15) is 8.42 Å². The first-order valence-corrected chi connectivity index (χ1v) is 11.7. The van der Waals surface area contributed by atoms with Gasteiger partial charge in [-0.3, -0.25) is 4.72 Å². The van der Waals surface area contributed by atoms with E-state index in [0.717, 1.165) is 17.0 Å². The van der Waals surface area contributed by atoms with Gasteiger partial charge in [0.05, 0.1) is 19.9 Å². The van der Waals surface area contributed by atoms with Crippen LogP contribution in [0.4, 0.5) is 5.69 Å². The summed E-state index contributed by atoms with van der Waals surface area (Å²) in [5.41, 5.74) is 2.95. The van der Waals surface area contributed by atoms with Crippen molar-refractivity contribution < 1.29 is 17.9 Å². The van der Waals surface area contributed by atoms with Gasteiger partial charge in [-0.2, -0.15) is 0 Å². The van der Waals surface area contributed by atoms with Gasteiger partial charge in [-0.1, -0.05) is 32.9 Å². The third-order valence-electron chi connectivity index (χ3n) is 4.77. The van der Waals surface area contributed by atoms with Crippen molar-refractivity contribution in [2.24, 2.45) is 0 Å². The Balaban J connectivity index is 2.21. The van der Waals surface area contributed by atoms with E-state index in [4.69, 9.17) is 21.7 Å². The Morgan fingerprint density at radius 1 is 1.03 bits per heavy atom. The third kappa shape index (κ3) is 6.48. The predicted molar refractivity (Wildman–Crippen MR) is 129 cm³/mol. The van der Waals surface area contributed by atoms with Crippen molar-refractivity contribution in [1.29, 1.82) is 0 Å². The molecule has 0 aliphatic carbocycles. The summed E-state index contributed by atoms with van der Waals surface area (Å²) in [5, 5.41) is 6.01. The largest absolute Gasteiger partial charge is 0.495 e. The van der Waals surface area contributed by atoms with Crippen LogP contribution in [0.1, 0.15) is 31.9 Å². The number of ether oxygens (including phenoxy) is 2. The smallest absolute Gasteiger partial charge is 0.267 e. The summed E-state index contributed by atoms with van der Waals surface area (Å²) in [6, 6.07) is 11.2. The fourth-order valence-corrected chi connectivity index (χ4v) is 4.48. The van der Waals surface area contributed by atoms with Gasteiger partial charge in [0.2, 0.25) is 0 Å². The topological polar surface area (TPSA) is 88.7 Å². The maximum Gasteiger partial charge on any atom is 0.267 e. The molecule has 0 bridgehead atoms. The van der Waals surface area contributed by atoms with Gasteiger partial charge in [0.1, 0.15) is 16.4 Å². The Labute approximate surface area is 190 Å². The van der Waals surface area contributed by atoms with Gasteiger partial charge in [-0.25, -0.2) is 8.42 Å². The minimum absolute atomic E-state index is 0.0138. The summed E-state index contributed by atoms with van der Waals surface area (Å²) in [4.78, 5) is 0.0393. The fourth-order valence-electron chi connectivity index (χ4n) is 2.97. The highest BCUT2D eigenvalue weighted by Gasteiger charge is 2.21. The molecular formula is C22H31N3O4S2. The van der Waals surface area contributed by atoms with Crippen molar-refractivity contribution in [3.05, 3.63) is 47.5 Å². The zero-order valence-electron chi connectivity index (χ0n) is 18.8. The van der Waals surface area contributed by atoms with E-state index in [2.05, 4.69) is 48.3 Å². The van der Waals surface area contributed by atoms with Gasteiger partial charge in [0, 0.05) is 13.6 Å². The van der Waals surface area contributed by atoms with Crippen LogP contribution in [-0.2, 0) is 21.9 Å². The molecule has 0 saturated heterocycles. The number of hydrogen-bond donors (Lipinski definition) is 3. The second kappa shape index (κ2) is 10.2. The van der Waals surface area contributed by atoms with Crippen molar-refractivity contribution >= 4 is 33.0 Å². The van der Waals surface area contributed by atoms with E-state index in [1.54, 1.807) is 26.3 Å². The van der Waals surface area contributed by atoms with E-state index in [1.165, 1.54) is 12.7 Å². The molecule has 0 aliphatic rings.